The van der Waals surface area contributed by atoms with Gasteiger partial charge in [-0.05, 0) is 25.5 Å². The lowest BCUT2D eigenvalue weighted by Gasteiger charge is -2.12. The fourth-order valence-corrected chi connectivity index (χ4v) is 1.14. The van der Waals surface area contributed by atoms with E-state index < -0.39 is 17.9 Å². The molecule has 1 aromatic heterocycles. The second-order valence-electron chi connectivity index (χ2n) is 3.41. The summed E-state index contributed by atoms with van der Waals surface area (Å²) in [7, 11) is 0. The molecule has 1 aromatic rings. The first-order valence-corrected chi connectivity index (χ1v) is 5.20. The van der Waals surface area contributed by atoms with Crippen LogP contribution >= 0.6 is 0 Å². The predicted octanol–water partition coefficient (Wildman–Crippen LogP) is 0.219. The van der Waals surface area contributed by atoms with E-state index in [1.807, 2.05) is 6.92 Å². The smallest absolute Gasteiger partial charge is 0.332 e. The van der Waals surface area contributed by atoms with Crippen molar-refractivity contribution in [1.29, 1.82) is 0 Å². The molecule has 0 aliphatic heterocycles. The van der Waals surface area contributed by atoms with E-state index in [0.717, 1.165) is 5.56 Å². The van der Waals surface area contributed by atoms with Gasteiger partial charge in [0.05, 0.1) is 18.5 Å². The standard InChI is InChI=1S/C11H15N3O3/c1-3-17-11(16)9(12)10(15)14-8-6-13-5-4-7(8)2/h4-6,9H,3,12H2,1-2H3,(H,14,15). The fourth-order valence-electron chi connectivity index (χ4n) is 1.14. The van der Waals surface area contributed by atoms with Gasteiger partial charge in [-0.1, -0.05) is 0 Å². The molecule has 0 spiro atoms. The van der Waals surface area contributed by atoms with E-state index in [4.69, 9.17) is 5.73 Å². The largest absolute Gasteiger partial charge is 0.464 e. The molecule has 1 heterocycles. The number of nitrogens with two attached hydrogens (primary N) is 1. The third-order valence-electron chi connectivity index (χ3n) is 2.12. The molecule has 1 rings (SSSR count). The Labute approximate surface area is 99.2 Å². The van der Waals surface area contributed by atoms with Crippen LogP contribution in [0.4, 0.5) is 5.69 Å². The van der Waals surface area contributed by atoms with E-state index in [2.05, 4.69) is 15.0 Å². The number of aryl methyl sites for hydroxylation is 1. The van der Waals surface area contributed by atoms with Crippen molar-refractivity contribution in [3.63, 3.8) is 0 Å². The predicted molar refractivity (Wildman–Crippen MR) is 62.2 cm³/mol. The Balaban J connectivity index is 2.67. The molecule has 3 N–H and O–H groups in total. The summed E-state index contributed by atoms with van der Waals surface area (Å²) in [6.07, 6.45) is 3.10. The van der Waals surface area contributed by atoms with E-state index in [1.54, 1.807) is 19.2 Å². The van der Waals surface area contributed by atoms with Crippen molar-refractivity contribution >= 4 is 17.6 Å². The molecule has 6 nitrogen and oxygen atoms in total. The number of ether oxygens (including phenoxy) is 1. The monoisotopic (exact) mass is 237 g/mol. The summed E-state index contributed by atoms with van der Waals surface area (Å²) in [6.45, 7) is 3.65. The van der Waals surface area contributed by atoms with Crippen molar-refractivity contribution < 1.29 is 14.3 Å². The summed E-state index contributed by atoms with van der Waals surface area (Å²) in [5, 5.41) is 2.52. The van der Waals surface area contributed by atoms with E-state index in [0.29, 0.717) is 5.69 Å². The maximum atomic E-state index is 11.6. The van der Waals surface area contributed by atoms with Gasteiger partial charge in [0.2, 0.25) is 0 Å². The summed E-state index contributed by atoms with van der Waals surface area (Å²) in [5.41, 5.74) is 6.80. The van der Waals surface area contributed by atoms with Crippen molar-refractivity contribution in [2.24, 2.45) is 5.73 Å². The number of hydrogen-bond donors (Lipinski definition) is 2. The molecule has 6 heteroatoms. The number of pyridine rings is 1. The Morgan fingerprint density at radius 3 is 2.88 bits per heavy atom. The van der Waals surface area contributed by atoms with Crippen LogP contribution in [0.1, 0.15) is 12.5 Å². The second kappa shape index (κ2) is 5.95. The lowest BCUT2D eigenvalue weighted by Crippen LogP contribution is -2.43. The molecular weight excluding hydrogens is 222 g/mol. The van der Waals surface area contributed by atoms with Gasteiger partial charge in [-0.2, -0.15) is 0 Å². The van der Waals surface area contributed by atoms with Gasteiger partial charge in [0.15, 0.2) is 6.04 Å². The SMILES string of the molecule is CCOC(=O)C(N)C(=O)Nc1cnccc1C. The zero-order valence-corrected chi connectivity index (χ0v) is 9.77. The van der Waals surface area contributed by atoms with Gasteiger partial charge in [0, 0.05) is 6.20 Å². The minimum Gasteiger partial charge on any atom is -0.464 e. The molecule has 92 valence electrons. The third-order valence-corrected chi connectivity index (χ3v) is 2.12. The Morgan fingerprint density at radius 2 is 2.29 bits per heavy atom. The number of aromatic nitrogens is 1. The molecule has 0 radical (unpaired) electrons. The average molecular weight is 237 g/mol. The van der Waals surface area contributed by atoms with Crippen LogP contribution in [0.3, 0.4) is 0 Å². The molecule has 0 aliphatic rings. The quantitative estimate of drug-likeness (QED) is 0.577. The molecule has 0 fully saturated rings. The number of hydrogen-bond acceptors (Lipinski definition) is 5. The molecule has 0 saturated carbocycles. The van der Waals surface area contributed by atoms with Crippen LogP contribution < -0.4 is 11.1 Å². The van der Waals surface area contributed by atoms with E-state index in [9.17, 15) is 9.59 Å². The van der Waals surface area contributed by atoms with Crippen molar-refractivity contribution in [3.8, 4) is 0 Å². The third kappa shape index (κ3) is 3.53. The zero-order valence-electron chi connectivity index (χ0n) is 9.77. The fraction of sp³-hybridized carbons (Fsp3) is 0.364. The van der Waals surface area contributed by atoms with Crippen LogP contribution in [-0.2, 0) is 14.3 Å². The average Bonchev–Trinajstić information content (AvgIpc) is 2.31. The number of amides is 1. The molecule has 0 bridgehead atoms. The molecule has 1 amide bonds. The first kappa shape index (κ1) is 13.1. The zero-order chi connectivity index (χ0) is 12.8. The van der Waals surface area contributed by atoms with Gasteiger partial charge in [-0.3, -0.25) is 9.78 Å². The van der Waals surface area contributed by atoms with Crippen molar-refractivity contribution in [2.45, 2.75) is 19.9 Å². The van der Waals surface area contributed by atoms with E-state index in [1.165, 1.54) is 6.20 Å². The van der Waals surface area contributed by atoms with Gasteiger partial charge in [0.25, 0.3) is 5.91 Å². The normalized spacial score (nSPS) is 11.7. The highest BCUT2D eigenvalue weighted by Gasteiger charge is 2.23. The molecule has 1 unspecified atom stereocenters. The van der Waals surface area contributed by atoms with Crippen LogP contribution in [0.2, 0.25) is 0 Å². The van der Waals surface area contributed by atoms with E-state index in [-0.39, 0.29) is 6.61 Å². The van der Waals surface area contributed by atoms with Crippen LogP contribution in [0.15, 0.2) is 18.5 Å². The summed E-state index contributed by atoms with van der Waals surface area (Å²) in [5.74, 6) is -1.36. The maximum Gasteiger partial charge on any atom is 0.332 e. The molecule has 0 saturated heterocycles. The number of nitrogens with zero attached hydrogens (tertiary/aromatic N) is 1. The minimum atomic E-state index is -1.32. The van der Waals surface area contributed by atoms with Crippen LogP contribution in [0.5, 0.6) is 0 Å². The lowest BCUT2D eigenvalue weighted by molar-refractivity contribution is -0.146. The van der Waals surface area contributed by atoms with Crippen molar-refractivity contribution in [2.75, 3.05) is 11.9 Å². The lowest BCUT2D eigenvalue weighted by atomic mass is 10.2. The van der Waals surface area contributed by atoms with Gasteiger partial charge in [-0.15, -0.1) is 0 Å². The Kier molecular flexibility index (Phi) is 4.59. The molecule has 0 aliphatic carbocycles. The Bertz CT molecular complexity index is 420. The summed E-state index contributed by atoms with van der Waals surface area (Å²) < 4.78 is 4.65. The number of nitrogens with one attached hydrogen (secondary N) is 1. The number of rotatable bonds is 4. The molecular formula is C11H15N3O3. The number of carbonyl (C=O) groups is 2. The van der Waals surface area contributed by atoms with Crippen molar-refractivity contribution in [1.82, 2.24) is 4.98 Å². The van der Waals surface area contributed by atoms with Crippen LogP contribution in [0.25, 0.3) is 0 Å². The first-order valence-electron chi connectivity index (χ1n) is 5.20. The second-order valence-corrected chi connectivity index (χ2v) is 3.41. The first-order chi connectivity index (χ1) is 8.06. The van der Waals surface area contributed by atoms with E-state index >= 15 is 0 Å². The van der Waals surface area contributed by atoms with Gasteiger partial charge < -0.3 is 15.8 Å². The Hall–Kier alpha value is -1.95. The highest BCUT2D eigenvalue weighted by Crippen LogP contribution is 2.11. The van der Waals surface area contributed by atoms with Gasteiger partial charge >= 0.3 is 5.97 Å². The van der Waals surface area contributed by atoms with Crippen molar-refractivity contribution in [3.05, 3.63) is 24.0 Å². The van der Waals surface area contributed by atoms with Crippen LogP contribution in [0, 0.1) is 6.92 Å². The summed E-state index contributed by atoms with van der Waals surface area (Å²) >= 11 is 0. The molecule has 17 heavy (non-hydrogen) atoms. The molecule has 1 atom stereocenters. The highest BCUT2D eigenvalue weighted by molar-refractivity contribution is 6.08. The maximum absolute atomic E-state index is 11.6. The number of carbonyl (C=O) groups excluding carboxylic acids is 2. The number of esters is 1. The Morgan fingerprint density at radius 1 is 1.59 bits per heavy atom. The summed E-state index contributed by atoms with van der Waals surface area (Å²) in [4.78, 5) is 26.7. The summed E-state index contributed by atoms with van der Waals surface area (Å²) in [6, 6.07) is 0.417. The van der Waals surface area contributed by atoms with Gasteiger partial charge in [0.1, 0.15) is 0 Å². The van der Waals surface area contributed by atoms with Gasteiger partial charge in [-0.25, -0.2) is 4.79 Å². The number of anilines is 1. The minimum absolute atomic E-state index is 0.186. The highest BCUT2D eigenvalue weighted by atomic mass is 16.5. The molecule has 0 aromatic carbocycles. The topological polar surface area (TPSA) is 94.3 Å². The van der Waals surface area contributed by atoms with Crippen LogP contribution in [-0.4, -0.2) is 29.5 Å².